The topological polar surface area (TPSA) is 133 Å². The number of nitrogens with one attached hydrogen (secondary N) is 4. The third kappa shape index (κ3) is 6.54. The molecule has 1 aromatic rings. The molecule has 196 valence electrons. The number of hydrogen-bond acceptors (Lipinski definition) is 5. The molecule has 4 N–H and O–H groups in total. The summed E-state index contributed by atoms with van der Waals surface area (Å²) in [7, 11) is 1.24. The lowest BCUT2D eigenvalue weighted by atomic mass is 9.93. The summed E-state index contributed by atoms with van der Waals surface area (Å²) in [6, 6.07) is 2.27. The number of ketones is 1. The summed E-state index contributed by atoms with van der Waals surface area (Å²) in [5, 5.41) is 9.78. The average molecular weight is 531 g/mol. The van der Waals surface area contributed by atoms with Gasteiger partial charge in [0, 0.05) is 24.0 Å². The first kappa shape index (κ1) is 27.4. The van der Waals surface area contributed by atoms with Crippen LogP contribution in [0.5, 0.6) is 0 Å². The van der Waals surface area contributed by atoms with Crippen LogP contribution in [0.2, 0.25) is 5.02 Å². The summed E-state index contributed by atoms with van der Waals surface area (Å²) in [6.07, 6.45) is -5.47. The molecule has 0 radical (unpaired) electrons. The molecule has 1 saturated heterocycles. The maximum atomic E-state index is 13.2. The molecule has 0 spiro atoms. The summed E-state index contributed by atoms with van der Waals surface area (Å²) in [6.45, 7) is 1.78. The minimum atomic E-state index is -4.54. The molecule has 3 atom stereocenters. The van der Waals surface area contributed by atoms with Gasteiger partial charge in [0.15, 0.2) is 0 Å². The Hall–Kier alpha value is -3.15. The van der Waals surface area contributed by atoms with Gasteiger partial charge in [-0.3, -0.25) is 24.0 Å². The third-order valence-electron chi connectivity index (χ3n) is 6.34. The van der Waals surface area contributed by atoms with Gasteiger partial charge in [-0.05, 0) is 50.8 Å². The second-order valence-electron chi connectivity index (χ2n) is 9.26. The lowest BCUT2D eigenvalue weighted by Crippen LogP contribution is -2.48. The monoisotopic (exact) mass is 530 g/mol. The van der Waals surface area contributed by atoms with Crippen LogP contribution in [0.4, 0.5) is 18.9 Å². The summed E-state index contributed by atoms with van der Waals surface area (Å²) >= 11 is 6.01. The number of halogens is 4. The molecule has 3 rings (SSSR count). The molecular formula is C23H26ClF3N4O5. The van der Waals surface area contributed by atoms with Crippen LogP contribution in [0.1, 0.15) is 49.4 Å². The van der Waals surface area contributed by atoms with Crippen LogP contribution in [-0.4, -0.2) is 54.7 Å². The predicted molar refractivity (Wildman–Crippen MR) is 123 cm³/mol. The SMILES string of the molecule is CNC(=O)C(=O)C(C[C@@H]1C[C@@H](C)NC1=O)NC(=O)c1cc(Cl)ccc1NC(=O)C1(CC(F)(F)F)CC1. The van der Waals surface area contributed by atoms with Crippen molar-refractivity contribution < 1.29 is 37.1 Å². The Bertz CT molecular complexity index is 1090. The fraction of sp³-hybridized carbons (Fsp3) is 0.522. The van der Waals surface area contributed by atoms with Crippen molar-refractivity contribution in [3.05, 3.63) is 28.8 Å². The Kier molecular flexibility index (Phi) is 7.97. The average Bonchev–Trinajstić information content (AvgIpc) is 3.49. The predicted octanol–water partition coefficient (Wildman–Crippen LogP) is 2.34. The number of hydrogen-bond donors (Lipinski definition) is 4. The van der Waals surface area contributed by atoms with Crippen LogP contribution in [0.15, 0.2) is 18.2 Å². The third-order valence-corrected chi connectivity index (χ3v) is 6.57. The largest absolute Gasteiger partial charge is 0.390 e. The van der Waals surface area contributed by atoms with Gasteiger partial charge in [0.1, 0.15) is 0 Å². The van der Waals surface area contributed by atoms with Crippen molar-refractivity contribution in [2.75, 3.05) is 12.4 Å². The van der Waals surface area contributed by atoms with Crippen LogP contribution >= 0.6 is 11.6 Å². The van der Waals surface area contributed by atoms with Gasteiger partial charge in [-0.25, -0.2) is 0 Å². The number of likely N-dealkylation sites (N-methyl/N-ethyl adjacent to an activating group) is 1. The zero-order chi connectivity index (χ0) is 26.8. The standard InChI is InChI=1S/C23H26ClF3N4O5/c1-11-7-12(18(33)29-11)8-16(17(32)20(35)28-2)30-19(34)14-9-13(24)3-4-15(14)31-21(36)22(5-6-22)10-23(25,26)27/h3-4,9,11-12,16H,5-8,10H2,1-2H3,(H,28,35)(H,29,33)(H,30,34)(H,31,36)/t11-,12+,16?/m1/s1. The Balaban J connectivity index is 1.82. The number of rotatable bonds is 9. The molecule has 1 aliphatic carbocycles. The van der Waals surface area contributed by atoms with E-state index in [-0.39, 0.29) is 47.5 Å². The summed E-state index contributed by atoms with van der Waals surface area (Å²) in [5.74, 6) is -4.69. The number of amides is 4. The van der Waals surface area contributed by atoms with E-state index in [4.69, 9.17) is 11.6 Å². The van der Waals surface area contributed by atoms with Crippen molar-refractivity contribution >= 4 is 46.7 Å². The van der Waals surface area contributed by atoms with Gasteiger partial charge >= 0.3 is 6.18 Å². The van der Waals surface area contributed by atoms with Crippen molar-refractivity contribution in [1.29, 1.82) is 0 Å². The molecule has 1 aliphatic heterocycles. The molecule has 36 heavy (non-hydrogen) atoms. The zero-order valence-electron chi connectivity index (χ0n) is 19.6. The number of Topliss-reactive ketones (excluding diaryl/α,β-unsaturated/α-hetero) is 1. The lowest BCUT2D eigenvalue weighted by molar-refractivity contribution is -0.155. The van der Waals surface area contributed by atoms with Gasteiger partial charge in [-0.2, -0.15) is 13.2 Å². The Labute approximate surface area is 209 Å². The highest BCUT2D eigenvalue weighted by molar-refractivity contribution is 6.38. The number of benzene rings is 1. The lowest BCUT2D eigenvalue weighted by Gasteiger charge is -2.21. The highest BCUT2D eigenvalue weighted by Gasteiger charge is 2.56. The Morgan fingerprint density at radius 2 is 1.89 bits per heavy atom. The fourth-order valence-corrected chi connectivity index (χ4v) is 4.45. The minimum absolute atomic E-state index is 0.0536. The van der Waals surface area contributed by atoms with Gasteiger partial charge in [0.25, 0.3) is 11.8 Å². The van der Waals surface area contributed by atoms with Gasteiger partial charge < -0.3 is 21.3 Å². The van der Waals surface area contributed by atoms with Crippen molar-refractivity contribution in [2.24, 2.45) is 11.3 Å². The normalized spacial score (nSPS) is 21.2. The smallest absolute Gasteiger partial charge is 0.353 e. The van der Waals surface area contributed by atoms with Crippen LogP contribution in [0.25, 0.3) is 0 Å². The molecule has 2 aliphatic rings. The molecule has 4 amide bonds. The van der Waals surface area contributed by atoms with E-state index < -0.39 is 53.5 Å². The number of carbonyl (C=O) groups is 5. The van der Waals surface area contributed by atoms with E-state index in [9.17, 15) is 37.1 Å². The molecule has 1 aromatic carbocycles. The van der Waals surface area contributed by atoms with Crippen molar-refractivity contribution in [1.82, 2.24) is 16.0 Å². The highest BCUT2D eigenvalue weighted by Crippen LogP contribution is 2.53. The molecule has 2 fully saturated rings. The number of carbonyl (C=O) groups excluding carboxylic acids is 5. The fourth-order valence-electron chi connectivity index (χ4n) is 4.28. The van der Waals surface area contributed by atoms with E-state index in [2.05, 4.69) is 21.3 Å². The van der Waals surface area contributed by atoms with Crippen molar-refractivity contribution in [3.8, 4) is 0 Å². The summed E-state index contributed by atoms with van der Waals surface area (Å²) in [4.78, 5) is 62.7. The second-order valence-corrected chi connectivity index (χ2v) is 9.70. The minimum Gasteiger partial charge on any atom is -0.353 e. The van der Waals surface area contributed by atoms with E-state index in [0.717, 1.165) is 0 Å². The molecule has 1 saturated carbocycles. The zero-order valence-corrected chi connectivity index (χ0v) is 20.3. The Morgan fingerprint density at radius 3 is 2.42 bits per heavy atom. The first-order chi connectivity index (χ1) is 16.7. The van der Waals surface area contributed by atoms with Crippen LogP contribution < -0.4 is 21.3 Å². The van der Waals surface area contributed by atoms with Gasteiger partial charge in [-0.1, -0.05) is 11.6 Å². The van der Waals surface area contributed by atoms with Crippen LogP contribution in [0, 0.1) is 11.3 Å². The highest BCUT2D eigenvalue weighted by atomic mass is 35.5. The van der Waals surface area contributed by atoms with E-state index in [1.165, 1.54) is 25.2 Å². The molecule has 13 heteroatoms. The van der Waals surface area contributed by atoms with E-state index >= 15 is 0 Å². The molecule has 1 heterocycles. The first-order valence-electron chi connectivity index (χ1n) is 11.3. The Morgan fingerprint density at radius 1 is 1.22 bits per heavy atom. The molecule has 0 aromatic heterocycles. The van der Waals surface area contributed by atoms with Gasteiger partial charge in [0.2, 0.25) is 17.6 Å². The second kappa shape index (κ2) is 10.5. The van der Waals surface area contributed by atoms with E-state index in [1.54, 1.807) is 6.92 Å². The van der Waals surface area contributed by atoms with Crippen LogP contribution in [-0.2, 0) is 19.2 Å². The van der Waals surface area contributed by atoms with Crippen molar-refractivity contribution in [2.45, 2.75) is 57.3 Å². The molecule has 1 unspecified atom stereocenters. The van der Waals surface area contributed by atoms with E-state index in [1.807, 2.05) is 0 Å². The maximum absolute atomic E-state index is 13.2. The maximum Gasteiger partial charge on any atom is 0.390 e. The number of anilines is 1. The molecule has 9 nitrogen and oxygen atoms in total. The van der Waals surface area contributed by atoms with Crippen molar-refractivity contribution in [3.63, 3.8) is 0 Å². The van der Waals surface area contributed by atoms with Gasteiger partial charge in [-0.15, -0.1) is 0 Å². The molecule has 0 bridgehead atoms. The molecular weight excluding hydrogens is 505 g/mol. The summed E-state index contributed by atoms with van der Waals surface area (Å²) < 4.78 is 38.8. The quantitative estimate of drug-likeness (QED) is 0.364. The summed E-state index contributed by atoms with van der Waals surface area (Å²) in [5.41, 5.74) is -1.91. The first-order valence-corrected chi connectivity index (χ1v) is 11.7. The van der Waals surface area contributed by atoms with E-state index in [0.29, 0.717) is 6.42 Å². The van der Waals surface area contributed by atoms with Gasteiger partial charge in [0.05, 0.1) is 29.1 Å². The number of alkyl halides is 3. The van der Waals surface area contributed by atoms with Crippen LogP contribution in [0.3, 0.4) is 0 Å².